The summed E-state index contributed by atoms with van der Waals surface area (Å²) in [5.41, 5.74) is 1.64. The van der Waals surface area contributed by atoms with Crippen molar-refractivity contribution in [1.82, 2.24) is 19.9 Å². The van der Waals surface area contributed by atoms with Gasteiger partial charge in [0.1, 0.15) is 11.9 Å². The number of hydrogen-bond donors (Lipinski definition) is 2. The van der Waals surface area contributed by atoms with Gasteiger partial charge in [-0.05, 0) is 75.9 Å². The van der Waals surface area contributed by atoms with Gasteiger partial charge in [0.25, 0.3) is 0 Å². The molecule has 0 aliphatic carbocycles. The number of hydrogen-bond acceptors (Lipinski definition) is 9. The first kappa shape index (κ1) is 28.8. The Morgan fingerprint density at radius 3 is 2.57 bits per heavy atom. The Bertz CT molecular complexity index is 1530. The van der Waals surface area contributed by atoms with E-state index in [2.05, 4.69) is 25.2 Å². The highest BCUT2D eigenvalue weighted by molar-refractivity contribution is 5.74. The van der Waals surface area contributed by atoms with E-state index in [-0.39, 0.29) is 6.10 Å². The van der Waals surface area contributed by atoms with Gasteiger partial charge in [0.2, 0.25) is 11.9 Å². The fraction of sp³-hybridized carbons (Fsp3) is 0.344. The van der Waals surface area contributed by atoms with Crippen molar-refractivity contribution >= 4 is 23.7 Å². The normalized spacial score (nSPS) is 15.2. The highest BCUT2D eigenvalue weighted by Gasteiger charge is 2.27. The Kier molecular flexibility index (Phi) is 8.80. The minimum absolute atomic E-state index is 0.00332. The summed E-state index contributed by atoms with van der Waals surface area (Å²) in [6.45, 7) is 7.55. The molecule has 218 valence electrons. The molecule has 10 heteroatoms. The van der Waals surface area contributed by atoms with Gasteiger partial charge in [-0.2, -0.15) is 4.98 Å². The highest BCUT2D eigenvalue weighted by Crippen LogP contribution is 2.30. The third kappa shape index (κ3) is 7.12. The average Bonchev–Trinajstić information content (AvgIpc) is 2.99. The lowest BCUT2D eigenvalue weighted by Gasteiger charge is -2.34. The molecule has 0 saturated carbocycles. The molecule has 3 heterocycles. The van der Waals surface area contributed by atoms with Crippen LogP contribution in [-0.2, 0) is 11.2 Å². The molecule has 2 aromatic carbocycles. The molecule has 5 rings (SSSR count). The Labute approximate surface area is 245 Å². The second-order valence-electron chi connectivity index (χ2n) is 10.9. The number of nitrogens with one attached hydrogen (secondary N) is 1. The molecule has 2 aromatic heterocycles. The molecule has 0 amide bonds. The number of aromatic nitrogens is 4. The number of carbonyl (C=O) groups is 1. The largest absolute Gasteiger partial charge is 0.490 e. The van der Waals surface area contributed by atoms with E-state index in [1.165, 1.54) is 0 Å². The molecule has 1 aliphatic heterocycles. The van der Waals surface area contributed by atoms with Crippen molar-refractivity contribution in [2.24, 2.45) is 5.41 Å². The van der Waals surface area contributed by atoms with Gasteiger partial charge in [0, 0.05) is 24.5 Å². The van der Waals surface area contributed by atoms with Crippen LogP contribution in [0.1, 0.15) is 39.2 Å². The first-order valence-corrected chi connectivity index (χ1v) is 14.2. The summed E-state index contributed by atoms with van der Waals surface area (Å²) in [6, 6.07) is 19.2. The zero-order chi connectivity index (χ0) is 29.5. The third-order valence-electron chi connectivity index (χ3n) is 7.11. The molecule has 0 bridgehead atoms. The molecule has 1 unspecified atom stereocenters. The smallest absolute Gasteiger partial charge is 0.309 e. The number of para-hydroxylation sites is 2. The van der Waals surface area contributed by atoms with E-state index >= 15 is 0 Å². The molecule has 1 saturated heterocycles. The Hall–Kier alpha value is -4.73. The van der Waals surface area contributed by atoms with E-state index in [0.29, 0.717) is 37.2 Å². The van der Waals surface area contributed by atoms with Crippen molar-refractivity contribution in [3.8, 4) is 22.8 Å². The van der Waals surface area contributed by atoms with Crippen LogP contribution in [0.25, 0.3) is 11.3 Å². The van der Waals surface area contributed by atoms with Crippen LogP contribution in [0.5, 0.6) is 11.5 Å². The third-order valence-corrected chi connectivity index (χ3v) is 7.11. The average molecular weight is 569 g/mol. The van der Waals surface area contributed by atoms with Crippen molar-refractivity contribution in [3.63, 3.8) is 0 Å². The number of ether oxygens (including phenoxy) is 2. The van der Waals surface area contributed by atoms with Crippen LogP contribution in [0.4, 0.5) is 17.7 Å². The van der Waals surface area contributed by atoms with Crippen LogP contribution < -0.4 is 19.7 Å². The number of carboxylic acids is 1. The van der Waals surface area contributed by atoms with Gasteiger partial charge in [0.05, 0.1) is 24.3 Å². The molecule has 0 spiro atoms. The maximum Gasteiger partial charge on any atom is 0.309 e. The summed E-state index contributed by atoms with van der Waals surface area (Å²) < 4.78 is 12.1. The van der Waals surface area contributed by atoms with Crippen LogP contribution in [0.15, 0.2) is 73.1 Å². The van der Waals surface area contributed by atoms with Gasteiger partial charge in [-0.1, -0.05) is 30.3 Å². The predicted molar refractivity (Wildman–Crippen MR) is 161 cm³/mol. The number of aliphatic carboxylic acids is 1. The van der Waals surface area contributed by atoms with Crippen LogP contribution in [0.2, 0.25) is 0 Å². The van der Waals surface area contributed by atoms with Crippen molar-refractivity contribution in [2.45, 2.75) is 46.1 Å². The zero-order valence-corrected chi connectivity index (χ0v) is 24.2. The minimum atomic E-state index is -0.867. The van der Waals surface area contributed by atoms with Crippen LogP contribution in [-0.4, -0.2) is 56.8 Å². The molecule has 42 heavy (non-hydrogen) atoms. The number of rotatable bonds is 11. The summed E-state index contributed by atoms with van der Waals surface area (Å²) in [7, 11) is 0. The SMILES string of the molecule is CCOc1ccccc1OC1CCCN(c2ccnc(Nc3nccc(-c4cccc(CC(C)(C)C(=O)O)c4)n3)n2)C1. The van der Waals surface area contributed by atoms with E-state index in [9.17, 15) is 9.90 Å². The molecule has 1 fully saturated rings. The van der Waals surface area contributed by atoms with Gasteiger partial charge in [-0.3, -0.25) is 10.1 Å². The van der Waals surface area contributed by atoms with E-state index in [1.807, 2.05) is 67.6 Å². The quantitative estimate of drug-likeness (QED) is 0.230. The van der Waals surface area contributed by atoms with Crippen molar-refractivity contribution < 1.29 is 19.4 Å². The lowest BCUT2D eigenvalue weighted by atomic mass is 9.85. The molecule has 0 radical (unpaired) electrons. The molecule has 10 nitrogen and oxygen atoms in total. The fourth-order valence-electron chi connectivity index (χ4n) is 4.94. The van der Waals surface area contributed by atoms with Crippen molar-refractivity contribution in [2.75, 3.05) is 29.9 Å². The fourth-order valence-corrected chi connectivity index (χ4v) is 4.94. The van der Waals surface area contributed by atoms with E-state index in [4.69, 9.17) is 14.5 Å². The van der Waals surface area contributed by atoms with Crippen molar-refractivity contribution in [1.29, 1.82) is 0 Å². The van der Waals surface area contributed by atoms with Crippen LogP contribution in [0, 0.1) is 5.41 Å². The Balaban J connectivity index is 1.27. The summed E-state index contributed by atoms with van der Waals surface area (Å²) in [5, 5.41) is 12.7. The van der Waals surface area contributed by atoms with E-state index in [0.717, 1.165) is 47.8 Å². The maximum atomic E-state index is 11.6. The molecular formula is C32H36N6O4. The standard InChI is InChI=1S/C32H36N6O4/c1-4-41-26-12-5-6-13-27(26)42-24-11-8-18-38(21-24)28-15-17-34-31(36-28)37-30-33-16-14-25(35-30)23-10-7-9-22(19-23)20-32(2,3)29(39)40/h5-7,9-10,12-17,19,24H,4,8,11,18,20-21H2,1-3H3,(H,39,40)(H,33,34,35,36,37). The van der Waals surface area contributed by atoms with E-state index in [1.54, 1.807) is 26.2 Å². The molecular weight excluding hydrogens is 532 g/mol. The lowest BCUT2D eigenvalue weighted by Crippen LogP contribution is -2.41. The molecule has 4 aromatic rings. The number of piperidine rings is 1. The van der Waals surface area contributed by atoms with Crippen LogP contribution >= 0.6 is 0 Å². The molecule has 2 N–H and O–H groups in total. The maximum absolute atomic E-state index is 11.6. The first-order valence-electron chi connectivity index (χ1n) is 14.2. The topological polar surface area (TPSA) is 123 Å². The van der Waals surface area contributed by atoms with E-state index < -0.39 is 11.4 Å². The lowest BCUT2D eigenvalue weighted by molar-refractivity contribution is -0.146. The number of carboxylic acid groups (broad SMARTS) is 1. The first-order chi connectivity index (χ1) is 20.3. The highest BCUT2D eigenvalue weighted by atomic mass is 16.5. The van der Waals surface area contributed by atoms with Crippen LogP contribution in [0.3, 0.4) is 0 Å². The summed E-state index contributed by atoms with van der Waals surface area (Å²) in [6.07, 6.45) is 5.73. The zero-order valence-electron chi connectivity index (χ0n) is 24.2. The number of anilines is 3. The van der Waals surface area contributed by atoms with Gasteiger partial charge < -0.3 is 19.5 Å². The molecule has 1 aliphatic rings. The Morgan fingerprint density at radius 1 is 1.02 bits per heavy atom. The Morgan fingerprint density at radius 2 is 1.79 bits per heavy atom. The second-order valence-corrected chi connectivity index (χ2v) is 10.9. The summed E-state index contributed by atoms with van der Waals surface area (Å²) >= 11 is 0. The van der Waals surface area contributed by atoms with Gasteiger partial charge in [-0.25, -0.2) is 15.0 Å². The van der Waals surface area contributed by atoms with Gasteiger partial charge in [-0.15, -0.1) is 0 Å². The van der Waals surface area contributed by atoms with Gasteiger partial charge in [0.15, 0.2) is 11.5 Å². The minimum Gasteiger partial charge on any atom is -0.490 e. The monoisotopic (exact) mass is 568 g/mol. The second kappa shape index (κ2) is 12.8. The van der Waals surface area contributed by atoms with Gasteiger partial charge >= 0.3 is 5.97 Å². The summed E-state index contributed by atoms with van der Waals surface area (Å²) in [4.78, 5) is 32.0. The van der Waals surface area contributed by atoms with Crippen molar-refractivity contribution in [3.05, 3.63) is 78.6 Å². The summed E-state index contributed by atoms with van der Waals surface area (Å²) in [5.74, 6) is 2.24. The predicted octanol–water partition coefficient (Wildman–Crippen LogP) is 5.78. The molecule has 1 atom stereocenters. The number of benzene rings is 2. The number of nitrogens with zero attached hydrogens (tertiary/aromatic N) is 5.